The Kier molecular flexibility index (Phi) is 6.41. The van der Waals surface area contributed by atoms with E-state index in [1.165, 1.54) is 17.8 Å². The third kappa shape index (κ3) is 5.27. The summed E-state index contributed by atoms with van der Waals surface area (Å²) in [7, 11) is 0. The van der Waals surface area contributed by atoms with Crippen LogP contribution in [0.25, 0.3) is 11.3 Å². The SMILES string of the molecule is CSCc1nc(C(=O)NCCc2ccc(-c3csc(C)n3)cc2)cc(=O)[nH]1. The highest BCUT2D eigenvalue weighted by atomic mass is 32.2. The van der Waals surface area contributed by atoms with E-state index in [2.05, 4.69) is 20.3 Å². The molecule has 0 atom stereocenters. The summed E-state index contributed by atoms with van der Waals surface area (Å²) in [5.41, 5.74) is 3.02. The summed E-state index contributed by atoms with van der Waals surface area (Å²) >= 11 is 3.16. The first kappa shape index (κ1) is 19.3. The highest BCUT2D eigenvalue weighted by Gasteiger charge is 2.10. The van der Waals surface area contributed by atoms with Gasteiger partial charge in [-0.05, 0) is 25.2 Å². The van der Waals surface area contributed by atoms with E-state index in [-0.39, 0.29) is 17.2 Å². The molecular weight excluding hydrogens is 380 g/mol. The minimum atomic E-state index is -0.335. The van der Waals surface area contributed by atoms with Gasteiger partial charge in [-0.3, -0.25) is 9.59 Å². The predicted octanol–water partition coefficient (Wildman–Crippen LogP) is 3.04. The Bertz CT molecular complexity index is 980. The number of carbonyl (C=O) groups excluding carboxylic acids is 1. The average Bonchev–Trinajstić information content (AvgIpc) is 3.08. The van der Waals surface area contributed by atoms with Gasteiger partial charge in [0, 0.05) is 23.6 Å². The van der Waals surface area contributed by atoms with Crippen molar-refractivity contribution in [2.75, 3.05) is 12.8 Å². The Balaban J connectivity index is 1.56. The van der Waals surface area contributed by atoms with Crippen LogP contribution < -0.4 is 10.9 Å². The number of aromatic amines is 1. The fraction of sp³-hybridized carbons (Fsp3) is 0.263. The van der Waals surface area contributed by atoms with Crippen LogP contribution in [-0.2, 0) is 12.2 Å². The van der Waals surface area contributed by atoms with E-state index in [4.69, 9.17) is 0 Å². The molecule has 0 bridgehead atoms. The topological polar surface area (TPSA) is 87.7 Å². The zero-order valence-corrected chi connectivity index (χ0v) is 16.7. The largest absolute Gasteiger partial charge is 0.350 e. The van der Waals surface area contributed by atoms with Crippen LogP contribution in [0.2, 0.25) is 0 Å². The lowest BCUT2D eigenvalue weighted by Gasteiger charge is -2.06. The lowest BCUT2D eigenvalue weighted by molar-refractivity contribution is 0.0948. The summed E-state index contributed by atoms with van der Waals surface area (Å²) in [4.78, 5) is 35.2. The summed E-state index contributed by atoms with van der Waals surface area (Å²) in [5, 5.41) is 5.92. The van der Waals surface area contributed by atoms with Gasteiger partial charge in [0.1, 0.15) is 11.5 Å². The summed E-state index contributed by atoms with van der Waals surface area (Å²) in [6.45, 7) is 2.46. The molecule has 3 rings (SSSR count). The maximum Gasteiger partial charge on any atom is 0.270 e. The maximum absolute atomic E-state index is 12.2. The second-order valence-corrected chi connectivity index (χ2v) is 7.89. The van der Waals surface area contributed by atoms with Crippen LogP contribution in [0.3, 0.4) is 0 Å². The van der Waals surface area contributed by atoms with Crippen molar-refractivity contribution in [3.05, 3.63) is 68.2 Å². The molecule has 140 valence electrons. The Morgan fingerprint density at radius 3 is 2.70 bits per heavy atom. The number of nitrogens with one attached hydrogen (secondary N) is 2. The van der Waals surface area contributed by atoms with Gasteiger partial charge in [-0.1, -0.05) is 24.3 Å². The average molecular weight is 401 g/mol. The molecule has 0 aliphatic heterocycles. The Labute approximate surface area is 165 Å². The van der Waals surface area contributed by atoms with Crippen molar-refractivity contribution < 1.29 is 4.79 Å². The zero-order valence-electron chi connectivity index (χ0n) is 15.1. The van der Waals surface area contributed by atoms with Gasteiger partial charge in [-0.15, -0.1) is 11.3 Å². The standard InChI is InChI=1S/C19H20N4O2S2/c1-12-21-16(10-27-12)14-5-3-13(4-6-14)7-8-20-19(25)15-9-18(24)23-17(22-15)11-26-2/h3-6,9-10H,7-8,11H2,1-2H3,(H,20,25)(H,22,23,24). The van der Waals surface area contributed by atoms with Gasteiger partial charge in [0.2, 0.25) is 0 Å². The van der Waals surface area contributed by atoms with E-state index < -0.39 is 0 Å². The summed E-state index contributed by atoms with van der Waals surface area (Å²) in [6.07, 6.45) is 2.61. The molecular formula is C19H20N4O2S2. The Hall–Kier alpha value is -2.45. The van der Waals surface area contributed by atoms with Gasteiger partial charge in [0.15, 0.2) is 0 Å². The van der Waals surface area contributed by atoms with Crippen molar-refractivity contribution >= 4 is 29.0 Å². The lowest BCUT2D eigenvalue weighted by Crippen LogP contribution is -2.28. The van der Waals surface area contributed by atoms with Crippen molar-refractivity contribution in [2.24, 2.45) is 0 Å². The zero-order chi connectivity index (χ0) is 19.2. The molecule has 2 heterocycles. The molecule has 27 heavy (non-hydrogen) atoms. The number of hydrogen-bond acceptors (Lipinski definition) is 6. The second-order valence-electron chi connectivity index (χ2n) is 5.96. The molecule has 0 saturated heterocycles. The third-order valence-electron chi connectivity index (χ3n) is 3.87. The fourth-order valence-electron chi connectivity index (χ4n) is 2.58. The minimum absolute atomic E-state index is 0.150. The van der Waals surface area contributed by atoms with Crippen molar-refractivity contribution in [3.63, 3.8) is 0 Å². The summed E-state index contributed by atoms with van der Waals surface area (Å²) in [5.74, 6) is 0.729. The number of thiazole rings is 1. The van der Waals surface area contributed by atoms with E-state index in [9.17, 15) is 9.59 Å². The first-order chi connectivity index (χ1) is 13.0. The minimum Gasteiger partial charge on any atom is -0.350 e. The molecule has 6 nitrogen and oxygen atoms in total. The molecule has 0 aliphatic rings. The van der Waals surface area contributed by atoms with Crippen LogP contribution in [0.5, 0.6) is 0 Å². The molecule has 0 radical (unpaired) electrons. The highest BCUT2D eigenvalue weighted by Crippen LogP contribution is 2.21. The second kappa shape index (κ2) is 8.96. The molecule has 0 aliphatic carbocycles. The van der Waals surface area contributed by atoms with E-state index in [0.717, 1.165) is 21.8 Å². The van der Waals surface area contributed by atoms with E-state index in [1.807, 2.05) is 42.8 Å². The molecule has 0 spiro atoms. The van der Waals surface area contributed by atoms with Gasteiger partial charge in [-0.2, -0.15) is 11.8 Å². The Morgan fingerprint density at radius 1 is 1.26 bits per heavy atom. The number of amides is 1. The van der Waals surface area contributed by atoms with E-state index in [0.29, 0.717) is 24.5 Å². The third-order valence-corrected chi connectivity index (χ3v) is 5.21. The monoisotopic (exact) mass is 400 g/mol. The molecule has 3 aromatic rings. The molecule has 0 saturated carbocycles. The van der Waals surface area contributed by atoms with Crippen LogP contribution in [-0.4, -0.2) is 33.7 Å². The Morgan fingerprint density at radius 2 is 2.04 bits per heavy atom. The van der Waals surface area contributed by atoms with Crippen LogP contribution in [0.15, 0.2) is 40.5 Å². The number of hydrogen-bond donors (Lipinski definition) is 2. The van der Waals surface area contributed by atoms with Crippen molar-refractivity contribution in [1.29, 1.82) is 0 Å². The normalized spacial score (nSPS) is 10.7. The molecule has 1 amide bonds. The van der Waals surface area contributed by atoms with Crippen LogP contribution in [0, 0.1) is 6.92 Å². The highest BCUT2D eigenvalue weighted by molar-refractivity contribution is 7.97. The van der Waals surface area contributed by atoms with Gasteiger partial charge >= 0.3 is 0 Å². The quantitative estimate of drug-likeness (QED) is 0.636. The number of nitrogens with zero attached hydrogens (tertiary/aromatic N) is 2. The fourth-order valence-corrected chi connectivity index (χ4v) is 3.61. The molecule has 2 aromatic heterocycles. The smallest absolute Gasteiger partial charge is 0.270 e. The van der Waals surface area contributed by atoms with Gasteiger partial charge < -0.3 is 10.3 Å². The molecule has 2 N–H and O–H groups in total. The van der Waals surface area contributed by atoms with E-state index in [1.54, 1.807) is 11.3 Å². The predicted molar refractivity (Wildman–Crippen MR) is 110 cm³/mol. The summed E-state index contributed by atoms with van der Waals surface area (Å²) < 4.78 is 0. The van der Waals surface area contributed by atoms with Crippen molar-refractivity contribution in [3.8, 4) is 11.3 Å². The first-order valence-corrected chi connectivity index (χ1v) is 10.7. The van der Waals surface area contributed by atoms with Crippen LogP contribution >= 0.6 is 23.1 Å². The van der Waals surface area contributed by atoms with E-state index >= 15 is 0 Å². The number of aryl methyl sites for hydroxylation is 1. The molecule has 0 fully saturated rings. The number of rotatable bonds is 7. The number of carbonyl (C=O) groups is 1. The molecule has 8 heteroatoms. The van der Waals surface area contributed by atoms with Crippen LogP contribution in [0.4, 0.5) is 0 Å². The van der Waals surface area contributed by atoms with Gasteiger partial charge in [-0.25, -0.2) is 9.97 Å². The first-order valence-electron chi connectivity index (χ1n) is 8.44. The summed E-state index contributed by atoms with van der Waals surface area (Å²) in [6, 6.07) is 9.39. The number of aromatic nitrogens is 3. The molecule has 0 unspecified atom stereocenters. The number of H-pyrrole nitrogens is 1. The van der Waals surface area contributed by atoms with Gasteiger partial charge in [0.25, 0.3) is 11.5 Å². The maximum atomic E-state index is 12.2. The van der Waals surface area contributed by atoms with Gasteiger partial charge in [0.05, 0.1) is 16.5 Å². The number of benzene rings is 1. The van der Waals surface area contributed by atoms with Crippen LogP contribution in [0.1, 0.15) is 26.9 Å². The van der Waals surface area contributed by atoms with Crippen molar-refractivity contribution in [1.82, 2.24) is 20.3 Å². The van der Waals surface area contributed by atoms with Crippen molar-refractivity contribution in [2.45, 2.75) is 19.1 Å². The number of thioether (sulfide) groups is 1. The lowest BCUT2D eigenvalue weighted by atomic mass is 10.1. The molecule has 1 aromatic carbocycles.